The third-order valence-electron chi connectivity index (χ3n) is 4.11. The molecule has 3 nitrogen and oxygen atoms in total. The van der Waals surface area contributed by atoms with Gasteiger partial charge in [0.15, 0.2) is 0 Å². The van der Waals surface area contributed by atoms with Crippen LogP contribution in [0.25, 0.3) is 10.8 Å². The zero-order valence-corrected chi connectivity index (χ0v) is 15.9. The third-order valence-corrected chi connectivity index (χ3v) is 5.85. The zero-order valence-electron chi connectivity index (χ0n) is 14.4. The van der Waals surface area contributed by atoms with E-state index in [2.05, 4.69) is 25.5 Å². The fraction of sp³-hybridized carbons (Fsp3) is 0.200. The topological polar surface area (TPSA) is 46.2 Å². The Hall–Kier alpha value is -2.04. The highest BCUT2D eigenvalue weighted by Gasteiger charge is 2.20. The van der Waals surface area contributed by atoms with Crippen molar-refractivity contribution in [2.75, 3.05) is 4.72 Å². The second-order valence-electron chi connectivity index (χ2n) is 7.03. The predicted molar refractivity (Wildman–Crippen MR) is 105 cm³/mol. The van der Waals surface area contributed by atoms with Crippen LogP contribution in [0.4, 0.5) is 5.69 Å². The molecular weight excluding hydrogens is 354 g/mol. The maximum Gasteiger partial charge on any atom is 0.262 e. The average Bonchev–Trinajstić information content (AvgIpc) is 2.54. The van der Waals surface area contributed by atoms with Crippen molar-refractivity contribution in [3.8, 4) is 0 Å². The minimum Gasteiger partial charge on any atom is -0.280 e. The van der Waals surface area contributed by atoms with E-state index in [9.17, 15) is 8.42 Å². The van der Waals surface area contributed by atoms with Crippen molar-refractivity contribution in [1.29, 1.82) is 0 Å². The van der Waals surface area contributed by atoms with Crippen LogP contribution >= 0.6 is 11.6 Å². The number of fused-ring (bicyclic) bond motifs is 1. The first-order valence-corrected chi connectivity index (χ1v) is 9.85. The van der Waals surface area contributed by atoms with E-state index in [-0.39, 0.29) is 10.3 Å². The van der Waals surface area contributed by atoms with Crippen LogP contribution in [0.15, 0.2) is 65.6 Å². The van der Waals surface area contributed by atoms with Crippen LogP contribution in [0, 0.1) is 0 Å². The van der Waals surface area contributed by atoms with Gasteiger partial charge in [0.2, 0.25) is 0 Å². The molecule has 0 aliphatic carbocycles. The van der Waals surface area contributed by atoms with Crippen molar-refractivity contribution in [1.82, 2.24) is 0 Å². The number of sulfonamides is 1. The van der Waals surface area contributed by atoms with E-state index in [1.807, 2.05) is 24.3 Å². The maximum atomic E-state index is 12.9. The Balaban J connectivity index is 2.01. The minimum absolute atomic E-state index is 0.0144. The fourth-order valence-electron chi connectivity index (χ4n) is 2.73. The molecule has 25 heavy (non-hydrogen) atoms. The van der Waals surface area contributed by atoms with E-state index in [1.165, 1.54) is 0 Å². The molecule has 0 spiro atoms. The lowest BCUT2D eigenvalue weighted by atomic mass is 9.87. The molecule has 0 amide bonds. The summed E-state index contributed by atoms with van der Waals surface area (Å²) in [5, 5.41) is 1.74. The molecular formula is C20H20ClNO2S. The highest BCUT2D eigenvalue weighted by atomic mass is 35.5. The number of benzene rings is 3. The Kier molecular flexibility index (Phi) is 4.52. The van der Waals surface area contributed by atoms with Crippen molar-refractivity contribution in [2.45, 2.75) is 31.1 Å². The molecule has 3 rings (SSSR count). The van der Waals surface area contributed by atoms with Crippen molar-refractivity contribution in [2.24, 2.45) is 0 Å². The minimum atomic E-state index is -3.75. The highest BCUT2D eigenvalue weighted by molar-refractivity contribution is 7.93. The van der Waals surface area contributed by atoms with Gasteiger partial charge in [0, 0.05) is 16.1 Å². The third kappa shape index (κ3) is 3.65. The van der Waals surface area contributed by atoms with Crippen LogP contribution in [0.5, 0.6) is 0 Å². The van der Waals surface area contributed by atoms with E-state index >= 15 is 0 Å². The summed E-state index contributed by atoms with van der Waals surface area (Å²) in [5.74, 6) is 0. The van der Waals surface area contributed by atoms with Gasteiger partial charge in [0.1, 0.15) is 0 Å². The molecule has 3 aromatic rings. The number of anilines is 1. The Morgan fingerprint density at radius 1 is 0.880 bits per heavy atom. The molecule has 0 radical (unpaired) electrons. The standard InChI is InChI=1S/C20H20ClNO2S/c1-20(2,3)15-10-12-16(13-11-15)22-25(23,24)18-9-5-7-14-6-4-8-17(21)19(14)18/h4-13,22H,1-3H3. The SMILES string of the molecule is CC(C)(C)c1ccc(NS(=O)(=O)c2cccc3cccc(Cl)c23)cc1. The summed E-state index contributed by atoms with van der Waals surface area (Å²) >= 11 is 6.25. The molecule has 0 unspecified atom stereocenters. The predicted octanol–water partition coefficient (Wildman–Crippen LogP) is 5.59. The van der Waals surface area contributed by atoms with Crippen LogP contribution in [0.3, 0.4) is 0 Å². The van der Waals surface area contributed by atoms with Crippen molar-refractivity contribution in [3.05, 3.63) is 71.2 Å². The summed E-state index contributed by atoms with van der Waals surface area (Å²) in [6.45, 7) is 6.35. The van der Waals surface area contributed by atoms with Gasteiger partial charge in [0.25, 0.3) is 10.0 Å². The average molecular weight is 374 g/mol. The first-order chi connectivity index (χ1) is 11.7. The molecule has 3 aromatic carbocycles. The molecule has 0 saturated heterocycles. The quantitative estimate of drug-likeness (QED) is 0.650. The van der Waals surface area contributed by atoms with E-state index in [0.717, 1.165) is 10.9 Å². The summed E-state index contributed by atoms with van der Waals surface area (Å²) in [4.78, 5) is 0.176. The molecule has 0 aliphatic heterocycles. The highest BCUT2D eigenvalue weighted by Crippen LogP contribution is 2.31. The van der Waals surface area contributed by atoms with Gasteiger partial charge in [0.05, 0.1) is 4.90 Å². The maximum absolute atomic E-state index is 12.9. The Labute approximate surface area is 153 Å². The first-order valence-electron chi connectivity index (χ1n) is 7.99. The molecule has 5 heteroatoms. The number of nitrogens with one attached hydrogen (secondary N) is 1. The molecule has 0 fully saturated rings. The van der Waals surface area contributed by atoms with Gasteiger partial charge in [-0.1, -0.05) is 68.8 Å². The van der Waals surface area contributed by atoms with Gasteiger partial charge in [-0.2, -0.15) is 0 Å². The van der Waals surface area contributed by atoms with Crippen LogP contribution in [-0.4, -0.2) is 8.42 Å². The molecule has 0 aliphatic rings. The molecule has 1 N–H and O–H groups in total. The molecule has 0 bridgehead atoms. The van der Waals surface area contributed by atoms with Crippen molar-refractivity contribution >= 4 is 38.1 Å². The van der Waals surface area contributed by atoms with Crippen LogP contribution < -0.4 is 4.72 Å². The van der Waals surface area contributed by atoms with Crippen LogP contribution in [0.2, 0.25) is 5.02 Å². The van der Waals surface area contributed by atoms with E-state index in [1.54, 1.807) is 36.4 Å². The molecule has 0 aromatic heterocycles. The van der Waals surface area contributed by atoms with Crippen LogP contribution in [-0.2, 0) is 15.4 Å². The molecule has 130 valence electrons. The van der Waals surface area contributed by atoms with Gasteiger partial charge >= 0.3 is 0 Å². The van der Waals surface area contributed by atoms with Gasteiger partial charge < -0.3 is 0 Å². The Morgan fingerprint density at radius 2 is 1.48 bits per heavy atom. The molecule has 0 atom stereocenters. The van der Waals surface area contributed by atoms with Gasteiger partial charge in [-0.3, -0.25) is 4.72 Å². The largest absolute Gasteiger partial charge is 0.280 e. The molecule has 0 heterocycles. The lowest BCUT2D eigenvalue weighted by Gasteiger charge is -2.19. The van der Waals surface area contributed by atoms with Crippen molar-refractivity contribution < 1.29 is 8.42 Å². The second kappa shape index (κ2) is 6.36. The Morgan fingerprint density at radius 3 is 2.08 bits per heavy atom. The number of halogens is 1. The number of rotatable bonds is 3. The summed E-state index contributed by atoms with van der Waals surface area (Å²) < 4.78 is 28.4. The second-order valence-corrected chi connectivity index (χ2v) is 9.08. The van der Waals surface area contributed by atoms with Crippen molar-refractivity contribution in [3.63, 3.8) is 0 Å². The van der Waals surface area contributed by atoms with E-state index in [0.29, 0.717) is 16.1 Å². The lowest BCUT2D eigenvalue weighted by molar-refractivity contribution is 0.590. The number of hydrogen-bond donors (Lipinski definition) is 1. The van der Waals surface area contributed by atoms with E-state index in [4.69, 9.17) is 11.6 Å². The monoisotopic (exact) mass is 373 g/mol. The zero-order chi connectivity index (χ0) is 18.2. The summed E-state index contributed by atoms with van der Waals surface area (Å²) in [6.07, 6.45) is 0. The van der Waals surface area contributed by atoms with Gasteiger partial charge in [-0.25, -0.2) is 8.42 Å². The molecule has 0 saturated carbocycles. The van der Waals surface area contributed by atoms with Gasteiger partial charge in [-0.05, 0) is 40.6 Å². The summed E-state index contributed by atoms with van der Waals surface area (Å²) in [5.41, 5.74) is 1.68. The first kappa shape index (κ1) is 17.8. The smallest absolute Gasteiger partial charge is 0.262 e. The fourth-order valence-corrected chi connectivity index (χ4v) is 4.38. The van der Waals surface area contributed by atoms with E-state index < -0.39 is 10.0 Å². The normalized spacial score (nSPS) is 12.3. The summed E-state index contributed by atoms with van der Waals surface area (Å²) in [7, 11) is -3.75. The Bertz CT molecular complexity index is 1010. The lowest BCUT2D eigenvalue weighted by Crippen LogP contribution is -2.14. The summed E-state index contributed by atoms with van der Waals surface area (Å²) in [6, 6.07) is 17.9. The number of hydrogen-bond acceptors (Lipinski definition) is 2. The van der Waals surface area contributed by atoms with Gasteiger partial charge in [-0.15, -0.1) is 0 Å². The van der Waals surface area contributed by atoms with Crippen LogP contribution in [0.1, 0.15) is 26.3 Å².